The quantitative estimate of drug-likeness (QED) is 0.589. The summed E-state index contributed by atoms with van der Waals surface area (Å²) in [4.78, 5) is 4.35. The molecule has 0 saturated carbocycles. The van der Waals surface area contributed by atoms with Gasteiger partial charge < -0.3 is 24.8 Å². The van der Waals surface area contributed by atoms with E-state index in [0.29, 0.717) is 12.5 Å². The molecule has 1 fully saturated rings. The summed E-state index contributed by atoms with van der Waals surface area (Å²) >= 11 is 0. The van der Waals surface area contributed by atoms with Crippen LogP contribution in [0.15, 0.2) is 23.2 Å². The third-order valence-electron chi connectivity index (χ3n) is 4.96. The average Bonchev–Trinajstić information content (AvgIpc) is 2.67. The molecule has 1 aliphatic rings. The highest BCUT2D eigenvalue weighted by Crippen LogP contribution is 2.33. The summed E-state index contributed by atoms with van der Waals surface area (Å²) in [6, 6.07) is 5.91. The van der Waals surface area contributed by atoms with E-state index in [4.69, 9.17) is 14.2 Å². The predicted octanol–water partition coefficient (Wildman–Crippen LogP) is 3.21. The van der Waals surface area contributed by atoms with Crippen molar-refractivity contribution < 1.29 is 14.2 Å². The van der Waals surface area contributed by atoms with Crippen LogP contribution in [0, 0.1) is 11.3 Å². The highest BCUT2D eigenvalue weighted by molar-refractivity contribution is 5.79. The molecule has 1 aromatic rings. The summed E-state index contributed by atoms with van der Waals surface area (Å²) in [7, 11) is 5.08. The lowest BCUT2D eigenvalue weighted by Crippen LogP contribution is -2.47. The Bertz CT molecular complexity index is 626. The monoisotopic (exact) mass is 377 g/mol. The SMILES string of the molecule is CN=C(NCc1ccc(OC)c(OC)c1)NCC1CCCOC1C(C)(C)C. The maximum absolute atomic E-state index is 6.07. The summed E-state index contributed by atoms with van der Waals surface area (Å²) in [5.41, 5.74) is 1.24. The molecular formula is C21H35N3O3. The second kappa shape index (κ2) is 9.83. The third-order valence-corrected chi connectivity index (χ3v) is 4.96. The molecule has 2 unspecified atom stereocenters. The van der Waals surface area contributed by atoms with Gasteiger partial charge in [-0.05, 0) is 36.0 Å². The minimum atomic E-state index is 0.142. The molecule has 2 atom stereocenters. The zero-order valence-corrected chi connectivity index (χ0v) is 17.6. The maximum Gasteiger partial charge on any atom is 0.191 e. The van der Waals surface area contributed by atoms with Crippen molar-refractivity contribution in [2.45, 2.75) is 46.3 Å². The lowest BCUT2D eigenvalue weighted by molar-refractivity contribution is -0.0835. The van der Waals surface area contributed by atoms with Gasteiger partial charge in [-0.25, -0.2) is 0 Å². The molecule has 0 radical (unpaired) electrons. The van der Waals surface area contributed by atoms with E-state index in [9.17, 15) is 0 Å². The van der Waals surface area contributed by atoms with Gasteiger partial charge >= 0.3 is 0 Å². The number of aliphatic imine (C=N–C) groups is 1. The van der Waals surface area contributed by atoms with Crippen molar-refractivity contribution in [2.75, 3.05) is 34.4 Å². The fraction of sp³-hybridized carbons (Fsp3) is 0.667. The van der Waals surface area contributed by atoms with E-state index in [0.717, 1.165) is 42.6 Å². The number of hydrogen-bond acceptors (Lipinski definition) is 4. The Morgan fingerprint density at radius 3 is 2.56 bits per heavy atom. The number of methoxy groups -OCH3 is 2. The lowest BCUT2D eigenvalue weighted by Gasteiger charge is -2.40. The zero-order chi connectivity index (χ0) is 19.9. The number of rotatable bonds is 6. The minimum Gasteiger partial charge on any atom is -0.493 e. The Morgan fingerprint density at radius 1 is 1.19 bits per heavy atom. The number of guanidine groups is 1. The first kappa shape index (κ1) is 21.4. The number of ether oxygens (including phenoxy) is 3. The second-order valence-corrected chi connectivity index (χ2v) is 8.06. The molecule has 1 aliphatic heterocycles. The van der Waals surface area contributed by atoms with E-state index in [2.05, 4.69) is 36.4 Å². The average molecular weight is 378 g/mol. The van der Waals surface area contributed by atoms with E-state index in [1.54, 1.807) is 21.3 Å². The van der Waals surface area contributed by atoms with Gasteiger partial charge in [-0.1, -0.05) is 26.8 Å². The first-order chi connectivity index (χ1) is 12.9. The lowest BCUT2D eigenvalue weighted by atomic mass is 9.78. The van der Waals surface area contributed by atoms with Crippen LogP contribution in [0.5, 0.6) is 11.5 Å². The van der Waals surface area contributed by atoms with Crippen LogP contribution in [-0.4, -0.2) is 46.5 Å². The molecule has 0 amide bonds. The Hall–Kier alpha value is -1.95. The Morgan fingerprint density at radius 2 is 1.93 bits per heavy atom. The van der Waals surface area contributed by atoms with Gasteiger partial charge in [-0.2, -0.15) is 0 Å². The Kier molecular flexibility index (Phi) is 7.78. The number of nitrogens with zero attached hydrogens (tertiary/aromatic N) is 1. The fourth-order valence-electron chi connectivity index (χ4n) is 3.63. The smallest absolute Gasteiger partial charge is 0.191 e. The second-order valence-electron chi connectivity index (χ2n) is 8.06. The first-order valence-electron chi connectivity index (χ1n) is 9.66. The third kappa shape index (κ3) is 6.03. The fourth-order valence-corrected chi connectivity index (χ4v) is 3.63. The molecule has 2 N–H and O–H groups in total. The van der Waals surface area contributed by atoms with Crippen molar-refractivity contribution in [1.29, 1.82) is 0 Å². The molecule has 1 saturated heterocycles. The largest absolute Gasteiger partial charge is 0.493 e. The van der Waals surface area contributed by atoms with E-state index < -0.39 is 0 Å². The topological polar surface area (TPSA) is 64.1 Å². The molecule has 6 heteroatoms. The van der Waals surface area contributed by atoms with Crippen LogP contribution < -0.4 is 20.1 Å². The van der Waals surface area contributed by atoms with Crippen LogP contribution >= 0.6 is 0 Å². The van der Waals surface area contributed by atoms with Gasteiger partial charge in [0.25, 0.3) is 0 Å². The molecule has 6 nitrogen and oxygen atoms in total. The zero-order valence-electron chi connectivity index (χ0n) is 17.6. The van der Waals surface area contributed by atoms with Crippen LogP contribution in [-0.2, 0) is 11.3 Å². The first-order valence-corrected chi connectivity index (χ1v) is 9.66. The van der Waals surface area contributed by atoms with Crippen LogP contribution in [0.3, 0.4) is 0 Å². The summed E-state index contributed by atoms with van der Waals surface area (Å²) in [5.74, 6) is 2.74. The molecule has 0 bridgehead atoms. The van der Waals surface area contributed by atoms with Gasteiger partial charge in [0.15, 0.2) is 17.5 Å². The van der Waals surface area contributed by atoms with Crippen molar-refractivity contribution in [2.24, 2.45) is 16.3 Å². The van der Waals surface area contributed by atoms with E-state index in [1.165, 1.54) is 6.42 Å². The van der Waals surface area contributed by atoms with Gasteiger partial charge in [0.2, 0.25) is 0 Å². The Balaban J connectivity index is 1.90. The van der Waals surface area contributed by atoms with Crippen molar-refractivity contribution in [1.82, 2.24) is 10.6 Å². The molecule has 0 spiro atoms. The number of nitrogens with one attached hydrogen (secondary N) is 2. The van der Waals surface area contributed by atoms with Gasteiger partial charge in [0, 0.05) is 32.7 Å². The highest BCUT2D eigenvalue weighted by atomic mass is 16.5. The standard InChI is InChI=1S/C21H35N3O3/c1-21(2,3)19-16(8-7-11-27-19)14-24-20(22-4)23-13-15-9-10-17(25-5)18(12-15)26-6/h9-10,12,16,19H,7-8,11,13-14H2,1-6H3,(H2,22,23,24). The molecule has 0 aromatic heterocycles. The molecular weight excluding hydrogens is 342 g/mol. The molecule has 2 rings (SSSR count). The molecule has 1 heterocycles. The highest BCUT2D eigenvalue weighted by Gasteiger charge is 2.35. The van der Waals surface area contributed by atoms with Crippen molar-refractivity contribution in [3.63, 3.8) is 0 Å². The number of hydrogen-bond donors (Lipinski definition) is 2. The molecule has 27 heavy (non-hydrogen) atoms. The van der Waals surface area contributed by atoms with Crippen LogP contribution in [0.2, 0.25) is 0 Å². The summed E-state index contributed by atoms with van der Waals surface area (Å²) < 4.78 is 16.7. The van der Waals surface area contributed by atoms with Crippen molar-refractivity contribution >= 4 is 5.96 Å². The number of benzene rings is 1. The Labute approximate surface area is 163 Å². The van der Waals surface area contributed by atoms with Crippen LogP contribution in [0.25, 0.3) is 0 Å². The van der Waals surface area contributed by atoms with E-state index in [-0.39, 0.29) is 11.5 Å². The van der Waals surface area contributed by atoms with Gasteiger partial charge in [0.1, 0.15) is 0 Å². The van der Waals surface area contributed by atoms with Crippen LogP contribution in [0.1, 0.15) is 39.2 Å². The summed E-state index contributed by atoms with van der Waals surface area (Å²) in [6.45, 7) is 9.13. The van der Waals surface area contributed by atoms with Crippen LogP contribution in [0.4, 0.5) is 0 Å². The maximum atomic E-state index is 6.07. The van der Waals surface area contributed by atoms with Gasteiger partial charge in [-0.3, -0.25) is 4.99 Å². The molecule has 0 aliphatic carbocycles. The molecule has 152 valence electrons. The summed E-state index contributed by atoms with van der Waals surface area (Å²) in [5, 5.41) is 6.83. The van der Waals surface area contributed by atoms with E-state index in [1.807, 2.05) is 18.2 Å². The van der Waals surface area contributed by atoms with E-state index >= 15 is 0 Å². The van der Waals surface area contributed by atoms with Crippen molar-refractivity contribution in [3.05, 3.63) is 23.8 Å². The minimum absolute atomic E-state index is 0.142. The van der Waals surface area contributed by atoms with Gasteiger partial charge in [0.05, 0.1) is 20.3 Å². The normalized spacial score (nSPS) is 20.9. The van der Waals surface area contributed by atoms with Crippen molar-refractivity contribution in [3.8, 4) is 11.5 Å². The van der Waals surface area contributed by atoms with Gasteiger partial charge in [-0.15, -0.1) is 0 Å². The molecule has 1 aromatic carbocycles. The summed E-state index contributed by atoms with van der Waals surface area (Å²) in [6.07, 6.45) is 2.57. The predicted molar refractivity (Wildman–Crippen MR) is 110 cm³/mol.